The molecular weight excluding hydrogens is 388 g/mol. The summed E-state index contributed by atoms with van der Waals surface area (Å²) < 4.78 is 16.7. The number of hydrogen-bond donors (Lipinski definition) is 1. The van der Waals surface area contributed by atoms with Gasteiger partial charge in [-0.3, -0.25) is 14.9 Å². The Kier molecular flexibility index (Phi) is 4.97. The quantitative estimate of drug-likeness (QED) is 0.363. The molecule has 0 saturated heterocycles. The van der Waals surface area contributed by atoms with Crippen molar-refractivity contribution in [1.82, 2.24) is 0 Å². The first-order chi connectivity index (χ1) is 14.5. The Balaban J connectivity index is 1.57. The van der Waals surface area contributed by atoms with E-state index in [1.807, 2.05) is 24.3 Å². The lowest BCUT2D eigenvalue weighted by molar-refractivity contribution is -0.385. The van der Waals surface area contributed by atoms with Crippen molar-refractivity contribution in [1.29, 1.82) is 0 Å². The normalized spacial score (nSPS) is 10.9. The highest BCUT2D eigenvalue weighted by Gasteiger charge is 2.18. The smallest absolute Gasteiger partial charge is 0.310 e. The van der Waals surface area contributed by atoms with Gasteiger partial charge in [-0.15, -0.1) is 0 Å². The van der Waals surface area contributed by atoms with Gasteiger partial charge in [0.15, 0.2) is 12.4 Å². The summed E-state index contributed by atoms with van der Waals surface area (Å²) in [4.78, 5) is 23.0. The average molecular weight is 406 g/mol. The minimum Gasteiger partial charge on any atom is -0.495 e. The van der Waals surface area contributed by atoms with Crippen LogP contribution in [0.4, 0.5) is 11.4 Å². The lowest BCUT2D eigenvalue weighted by Gasteiger charge is -2.11. The number of para-hydroxylation sites is 1. The zero-order valence-electron chi connectivity index (χ0n) is 16.3. The third-order valence-corrected chi connectivity index (χ3v) is 4.64. The Hall–Kier alpha value is -4.07. The maximum absolute atomic E-state index is 12.4. The fourth-order valence-corrected chi connectivity index (χ4v) is 3.24. The van der Waals surface area contributed by atoms with Crippen LogP contribution < -0.4 is 14.8 Å². The van der Waals surface area contributed by atoms with Crippen LogP contribution in [0.25, 0.3) is 21.9 Å². The lowest BCUT2D eigenvalue weighted by atomic mass is 10.1. The fraction of sp³-hybridized carbons (Fsp3) is 0.136. The van der Waals surface area contributed by atoms with Gasteiger partial charge >= 0.3 is 5.69 Å². The van der Waals surface area contributed by atoms with Crippen LogP contribution in [0.5, 0.6) is 11.5 Å². The van der Waals surface area contributed by atoms with Crippen molar-refractivity contribution in [2.75, 3.05) is 19.0 Å². The van der Waals surface area contributed by atoms with E-state index in [4.69, 9.17) is 13.9 Å². The molecule has 0 unspecified atom stereocenters. The van der Waals surface area contributed by atoms with Crippen molar-refractivity contribution < 1.29 is 23.6 Å². The molecule has 0 fully saturated rings. The topological polar surface area (TPSA) is 104 Å². The van der Waals surface area contributed by atoms with Crippen LogP contribution in [-0.4, -0.2) is 24.5 Å². The summed E-state index contributed by atoms with van der Waals surface area (Å²) in [5.74, 6) is 0.0124. The Morgan fingerprint density at radius 1 is 1.07 bits per heavy atom. The van der Waals surface area contributed by atoms with Gasteiger partial charge in [-0.05, 0) is 30.7 Å². The molecule has 0 aliphatic rings. The van der Waals surface area contributed by atoms with Gasteiger partial charge in [-0.2, -0.15) is 0 Å². The molecule has 0 aliphatic carbocycles. The number of hydrogen-bond acceptors (Lipinski definition) is 6. The number of furan rings is 1. The first-order valence-corrected chi connectivity index (χ1v) is 9.13. The molecule has 0 spiro atoms. The molecule has 4 aromatic rings. The number of carbonyl (C=O) groups is 1. The predicted molar refractivity (Wildman–Crippen MR) is 112 cm³/mol. The van der Waals surface area contributed by atoms with Crippen molar-refractivity contribution in [2.24, 2.45) is 0 Å². The number of nitro groups is 1. The molecule has 30 heavy (non-hydrogen) atoms. The molecule has 3 aromatic carbocycles. The standard InChI is InChI=1S/C22H18N2O6/c1-13-7-8-17(24(26)27)21(9-13)29-12-22(25)23-16-11-19-15(10-20(16)28-2)14-5-3-4-6-18(14)30-19/h3-11H,12H2,1-2H3,(H,23,25). The van der Waals surface area contributed by atoms with Crippen LogP contribution in [0.3, 0.4) is 0 Å². The van der Waals surface area contributed by atoms with Crippen LogP contribution >= 0.6 is 0 Å². The number of nitrogens with one attached hydrogen (secondary N) is 1. The molecule has 0 saturated carbocycles. The largest absolute Gasteiger partial charge is 0.495 e. The van der Waals surface area contributed by atoms with E-state index in [2.05, 4.69) is 5.32 Å². The highest BCUT2D eigenvalue weighted by Crippen LogP contribution is 2.36. The number of fused-ring (bicyclic) bond motifs is 3. The number of nitro benzene ring substituents is 1. The first-order valence-electron chi connectivity index (χ1n) is 9.13. The molecule has 8 nitrogen and oxygen atoms in total. The molecule has 0 bridgehead atoms. The third kappa shape index (κ3) is 3.62. The molecule has 1 amide bonds. The van der Waals surface area contributed by atoms with Crippen LogP contribution in [0.2, 0.25) is 0 Å². The van der Waals surface area contributed by atoms with Gasteiger partial charge in [0.05, 0.1) is 17.7 Å². The molecule has 0 atom stereocenters. The molecule has 0 radical (unpaired) electrons. The van der Waals surface area contributed by atoms with Gasteiger partial charge in [0.25, 0.3) is 5.91 Å². The lowest BCUT2D eigenvalue weighted by Crippen LogP contribution is -2.20. The van der Waals surface area contributed by atoms with Gasteiger partial charge in [-0.1, -0.05) is 24.3 Å². The summed E-state index contributed by atoms with van der Waals surface area (Å²) in [6.45, 7) is 1.38. The highest BCUT2D eigenvalue weighted by atomic mass is 16.6. The molecule has 1 heterocycles. The predicted octanol–water partition coefficient (Wildman–Crippen LogP) is 4.83. The van der Waals surface area contributed by atoms with E-state index in [0.29, 0.717) is 17.0 Å². The van der Waals surface area contributed by atoms with Crippen molar-refractivity contribution in [3.8, 4) is 11.5 Å². The second-order valence-corrected chi connectivity index (χ2v) is 6.71. The first kappa shape index (κ1) is 19.3. The van der Waals surface area contributed by atoms with Crippen molar-refractivity contribution >= 4 is 39.2 Å². The summed E-state index contributed by atoms with van der Waals surface area (Å²) in [6, 6.07) is 15.6. The van der Waals surface area contributed by atoms with E-state index in [-0.39, 0.29) is 11.4 Å². The van der Waals surface area contributed by atoms with Crippen LogP contribution in [0.1, 0.15) is 5.56 Å². The number of rotatable bonds is 6. The molecule has 1 aromatic heterocycles. The minimum absolute atomic E-state index is 0.0369. The number of anilines is 1. The van der Waals surface area contributed by atoms with E-state index >= 15 is 0 Å². The van der Waals surface area contributed by atoms with E-state index < -0.39 is 17.4 Å². The number of aryl methyl sites for hydroxylation is 1. The molecule has 1 N–H and O–H groups in total. The highest BCUT2D eigenvalue weighted by molar-refractivity contribution is 6.07. The molecule has 0 aliphatic heterocycles. The summed E-state index contributed by atoms with van der Waals surface area (Å²) in [5, 5.41) is 15.7. The molecule has 4 rings (SSSR count). The van der Waals surface area contributed by atoms with Gasteiger partial charge in [0.2, 0.25) is 0 Å². The zero-order valence-corrected chi connectivity index (χ0v) is 16.3. The van der Waals surface area contributed by atoms with Crippen LogP contribution in [-0.2, 0) is 4.79 Å². The van der Waals surface area contributed by atoms with E-state index in [9.17, 15) is 14.9 Å². The number of carbonyl (C=O) groups excluding carboxylic acids is 1. The summed E-state index contributed by atoms with van der Waals surface area (Å²) in [6.07, 6.45) is 0. The molecule has 152 valence electrons. The van der Waals surface area contributed by atoms with E-state index in [0.717, 1.165) is 21.9 Å². The average Bonchev–Trinajstić information content (AvgIpc) is 3.08. The Bertz CT molecular complexity index is 1280. The zero-order chi connectivity index (χ0) is 21.3. The second kappa shape index (κ2) is 7.75. The Morgan fingerprint density at radius 3 is 2.63 bits per heavy atom. The van der Waals surface area contributed by atoms with Crippen LogP contribution in [0, 0.1) is 17.0 Å². The van der Waals surface area contributed by atoms with E-state index in [1.165, 1.54) is 19.2 Å². The minimum atomic E-state index is -0.550. The maximum Gasteiger partial charge on any atom is 0.310 e. The Labute approximate surface area is 171 Å². The maximum atomic E-state index is 12.4. The number of benzene rings is 3. The van der Waals surface area contributed by atoms with Crippen molar-refractivity contribution in [3.05, 3.63) is 70.3 Å². The monoisotopic (exact) mass is 406 g/mol. The number of amides is 1. The van der Waals surface area contributed by atoms with Crippen molar-refractivity contribution in [2.45, 2.75) is 6.92 Å². The van der Waals surface area contributed by atoms with Gasteiger partial charge in [-0.25, -0.2) is 0 Å². The van der Waals surface area contributed by atoms with Gasteiger partial charge in [0.1, 0.15) is 16.9 Å². The molecule has 8 heteroatoms. The summed E-state index contributed by atoms with van der Waals surface area (Å²) in [5.41, 5.74) is 2.33. The van der Waals surface area contributed by atoms with Gasteiger partial charge in [0, 0.05) is 22.9 Å². The van der Waals surface area contributed by atoms with Crippen molar-refractivity contribution in [3.63, 3.8) is 0 Å². The van der Waals surface area contributed by atoms with Crippen LogP contribution in [0.15, 0.2) is 59.0 Å². The summed E-state index contributed by atoms with van der Waals surface area (Å²) in [7, 11) is 1.51. The number of ether oxygens (including phenoxy) is 2. The number of nitrogens with zero attached hydrogens (tertiary/aromatic N) is 1. The second-order valence-electron chi connectivity index (χ2n) is 6.71. The summed E-state index contributed by atoms with van der Waals surface area (Å²) >= 11 is 0. The Morgan fingerprint density at radius 2 is 1.87 bits per heavy atom. The third-order valence-electron chi connectivity index (χ3n) is 4.64. The fourth-order valence-electron chi connectivity index (χ4n) is 3.24. The van der Waals surface area contributed by atoms with E-state index in [1.54, 1.807) is 25.1 Å². The molecular formula is C22H18N2O6. The van der Waals surface area contributed by atoms with Gasteiger partial charge < -0.3 is 19.2 Å². The number of methoxy groups -OCH3 is 1. The SMILES string of the molecule is COc1cc2c(cc1NC(=O)COc1cc(C)ccc1[N+](=O)[O-])oc1ccccc12.